The highest BCUT2D eigenvalue weighted by molar-refractivity contribution is 5.78. The Kier molecular flexibility index (Phi) is 4.20. The van der Waals surface area contributed by atoms with Crippen LogP contribution in [0.1, 0.15) is 20.3 Å². The molecule has 3 N–H and O–H groups in total. The quantitative estimate of drug-likeness (QED) is 0.505. The lowest BCUT2D eigenvalue weighted by molar-refractivity contribution is 0.397. The summed E-state index contributed by atoms with van der Waals surface area (Å²) in [6.07, 6.45) is 1.24. The molecule has 1 atom stereocenters. The van der Waals surface area contributed by atoms with Gasteiger partial charge < -0.3 is 16.0 Å². The van der Waals surface area contributed by atoms with Gasteiger partial charge in [0.05, 0.1) is 0 Å². The number of nitrogens with one attached hydrogen (secondary N) is 1. The van der Waals surface area contributed by atoms with Crippen molar-refractivity contribution in [1.29, 1.82) is 0 Å². The van der Waals surface area contributed by atoms with Crippen molar-refractivity contribution in [3.8, 4) is 0 Å². The number of aliphatic imine (C=N–C) groups is 1. The normalized spacial score (nSPS) is 24.6. The molecule has 4 heteroatoms. The monoisotopic (exact) mass is 198 g/mol. The van der Waals surface area contributed by atoms with Crippen molar-refractivity contribution in [3.05, 3.63) is 0 Å². The van der Waals surface area contributed by atoms with E-state index in [1.807, 2.05) is 0 Å². The zero-order valence-corrected chi connectivity index (χ0v) is 9.45. The second-order valence-electron chi connectivity index (χ2n) is 4.44. The van der Waals surface area contributed by atoms with Gasteiger partial charge in [-0.3, -0.25) is 4.99 Å². The first-order chi connectivity index (χ1) is 6.58. The highest BCUT2D eigenvalue weighted by Gasteiger charge is 2.18. The minimum atomic E-state index is 0.366. The molecule has 1 rings (SSSR count). The van der Waals surface area contributed by atoms with Gasteiger partial charge in [0.15, 0.2) is 5.96 Å². The predicted octanol–water partition coefficient (Wildman–Crippen LogP) is 0.251. The smallest absolute Gasteiger partial charge is 0.188 e. The molecule has 1 heterocycles. The van der Waals surface area contributed by atoms with Gasteiger partial charge in [-0.25, -0.2) is 0 Å². The fourth-order valence-corrected chi connectivity index (χ4v) is 1.74. The van der Waals surface area contributed by atoms with Gasteiger partial charge in [0, 0.05) is 19.1 Å². The van der Waals surface area contributed by atoms with E-state index in [2.05, 4.69) is 36.1 Å². The van der Waals surface area contributed by atoms with Crippen molar-refractivity contribution >= 4 is 5.96 Å². The number of guanidine groups is 1. The number of likely N-dealkylation sites (tertiary alicyclic amines) is 1. The second kappa shape index (κ2) is 5.20. The standard InChI is InChI=1S/C10H22N4/c1-8(2)13-10(11)12-6-9-4-5-14(3)7-9/h8-9H,4-7H2,1-3H3,(H3,11,12,13). The Morgan fingerprint density at radius 3 is 2.86 bits per heavy atom. The van der Waals surface area contributed by atoms with Crippen LogP contribution in [0.4, 0.5) is 0 Å². The maximum Gasteiger partial charge on any atom is 0.188 e. The summed E-state index contributed by atoms with van der Waals surface area (Å²) in [5, 5.41) is 3.09. The van der Waals surface area contributed by atoms with Gasteiger partial charge in [0.1, 0.15) is 0 Å². The number of hydrogen-bond acceptors (Lipinski definition) is 2. The molecular formula is C10H22N4. The third kappa shape index (κ3) is 3.96. The first kappa shape index (κ1) is 11.3. The van der Waals surface area contributed by atoms with E-state index >= 15 is 0 Å². The Hall–Kier alpha value is -0.770. The van der Waals surface area contributed by atoms with Crippen molar-refractivity contribution in [1.82, 2.24) is 10.2 Å². The van der Waals surface area contributed by atoms with E-state index in [0.29, 0.717) is 17.9 Å². The summed E-state index contributed by atoms with van der Waals surface area (Å²) >= 11 is 0. The van der Waals surface area contributed by atoms with Gasteiger partial charge in [-0.15, -0.1) is 0 Å². The lowest BCUT2D eigenvalue weighted by Gasteiger charge is -2.10. The number of nitrogens with two attached hydrogens (primary N) is 1. The van der Waals surface area contributed by atoms with E-state index < -0.39 is 0 Å². The van der Waals surface area contributed by atoms with Crippen LogP contribution in [0.5, 0.6) is 0 Å². The van der Waals surface area contributed by atoms with Gasteiger partial charge in [-0.2, -0.15) is 0 Å². The molecule has 0 aromatic rings. The average molecular weight is 198 g/mol. The predicted molar refractivity (Wildman–Crippen MR) is 60.4 cm³/mol. The number of hydrogen-bond donors (Lipinski definition) is 2. The molecule has 1 aliphatic heterocycles. The van der Waals surface area contributed by atoms with Crippen LogP contribution in [0.25, 0.3) is 0 Å². The third-order valence-electron chi connectivity index (χ3n) is 2.45. The Balaban J connectivity index is 2.24. The highest BCUT2D eigenvalue weighted by Crippen LogP contribution is 2.13. The van der Waals surface area contributed by atoms with Crippen molar-refractivity contribution in [2.75, 3.05) is 26.7 Å². The first-order valence-corrected chi connectivity index (χ1v) is 5.33. The molecule has 4 nitrogen and oxygen atoms in total. The van der Waals surface area contributed by atoms with Crippen molar-refractivity contribution in [2.24, 2.45) is 16.6 Å². The Labute approximate surface area is 86.6 Å². The maximum atomic E-state index is 5.71. The lowest BCUT2D eigenvalue weighted by atomic mass is 10.1. The molecule has 0 saturated carbocycles. The highest BCUT2D eigenvalue weighted by atomic mass is 15.1. The molecule has 0 aromatic heterocycles. The molecule has 1 saturated heterocycles. The van der Waals surface area contributed by atoms with Crippen LogP contribution < -0.4 is 11.1 Å². The van der Waals surface area contributed by atoms with E-state index in [-0.39, 0.29) is 0 Å². The summed E-state index contributed by atoms with van der Waals surface area (Å²) in [6, 6.07) is 0.366. The van der Waals surface area contributed by atoms with Crippen LogP contribution in [0.15, 0.2) is 4.99 Å². The summed E-state index contributed by atoms with van der Waals surface area (Å²) < 4.78 is 0. The van der Waals surface area contributed by atoms with Crippen LogP contribution >= 0.6 is 0 Å². The molecule has 0 aromatic carbocycles. The van der Waals surface area contributed by atoms with Crippen LogP contribution in [0, 0.1) is 5.92 Å². The van der Waals surface area contributed by atoms with Gasteiger partial charge in [0.25, 0.3) is 0 Å². The van der Waals surface area contributed by atoms with E-state index in [1.54, 1.807) is 0 Å². The summed E-state index contributed by atoms with van der Waals surface area (Å²) in [4.78, 5) is 6.68. The first-order valence-electron chi connectivity index (χ1n) is 5.33. The molecule has 0 aliphatic carbocycles. The van der Waals surface area contributed by atoms with E-state index in [4.69, 9.17) is 5.73 Å². The third-order valence-corrected chi connectivity index (χ3v) is 2.45. The van der Waals surface area contributed by atoms with Crippen molar-refractivity contribution in [3.63, 3.8) is 0 Å². The largest absolute Gasteiger partial charge is 0.370 e. The summed E-state index contributed by atoms with van der Waals surface area (Å²) in [6.45, 7) is 7.32. The Morgan fingerprint density at radius 1 is 1.64 bits per heavy atom. The zero-order chi connectivity index (χ0) is 10.6. The molecule has 0 bridgehead atoms. The molecule has 1 fully saturated rings. The van der Waals surface area contributed by atoms with Gasteiger partial charge >= 0.3 is 0 Å². The van der Waals surface area contributed by atoms with Crippen molar-refractivity contribution in [2.45, 2.75) is 26.3 Å². The molecule has 1 aliphatic rings. The van der Waals surface area contributed by atoms with E-state index in [0.717, 1.165) is 13.1 Å². The molecule has 0 spiro atoms. The fraction of sp³-hybridized carbons (Fsp3) is 0.900. The van der Waals surface area contributed by atoms with Gasteiger partial charge in [0.2, 0.25) is 0 Å². The molecule has 0 radical (unpaired) electrons. The summed E-state index contributed by atoms with van der Waals surface area (Å²) in [7, 11) is 2.15. The zero-order valence-electron chi connectivity index (χ0n) is 9.45. The van der Waals surface area contributed by atoms with Crippen molar-refractivity contribution < 1.29 is 0 Å². The molecule has 1 unspecified atom stereocenters. The topological polar surface area (TPSA) is 53.6 Å². The lowest BCUT2D eigenvalue weighted by Crippen LogP contribution is -2.37. The molecule has 0 amide bonds. The Bertz CT molecular complexity index is 200. The van der Waals surface area contributed by atoms with Crippen LogP contribution in [0.2, 0.25) is 0 Å². The van der Waals surface area contributed by atoms with Gasteiger partial charge in [-0.1, -0.05) is 0 Å². The van der Waals surface area contributed by atoms with Crippen LogP contribution in [-0.4, -0.2) is 43.6 Å². The SMILES string of the molecule is CC(C)NC(N)=NCC1CCN(C)C1. The molecular weight excluding hydrogens is 176 g/mol. The van der Waals surface area contributed by atoms with E-state index in [9.17, 15) is 0 Å². The number of nitrogens with zero attached hydrogens (tertiary/aromatic N) is 2. The van der Waals surface area contributed by atoms with Crippen LogP contribution in [-0.2, 0) is 0 Å². The average Bonchev–Trinajstić information content (AvgIpc) is 2.47. The van der Waals surface area contributed by atoms with E-state index in [1.165, 1.54) is 13.0 Å². The van der Waals surface area contributed by atoms with Crippen LogP contribution in [0.3, 0.4) is 0 Å². The molecule has 14 heavy (non-hydrogen) atoms. The fourth-order valence-electron chi connectivity index (χ4n) is 1.74. The molecule has 82 valence electrons. The van der Waals surface area contributed by atoms with Gasteiger partial charge in [-0.05, 0) is 39.8 Å². The minimum Gasteiger partial charge on any atom is -0.370 e. The minimum absolute atomic E-state index is 0.366. The second-order valence-corrected chi connectivity index (χ2v) is 4.44. The number of rotatable bonds is 3. The summed E-state index contributed by atoms with van der Waals surface area (Å²) in [5.74, 6) is 1.27. The maximum absolute atomic E-state index is 5.71. The summed E-state index contributed by atoms with van der Waals surface area (Å²) in [5.41, 5.74) is 5.71. The Morgan fingerprint density at radius 2 is 2.36 bits per heavy atom.